The molecular formula is C13H23N3O. The Balaban J connectivity index is 1.95. The summed E-state index contributed by atoms with van der Waals surface area (Å²) in [6.45, 7) is 5.02. The molecule has 17 heavy (non-hydrogen) atoms. The molecule has 1 fully saturated rings. The minimum absolute atomic E-state index is 0.410. The summed E-state index contributed by atoms with van der Waals surface area (Å²) in [7, 11) is 2.03. The second kappa shape index (κ2) is 6.17. The summed E-state index contributed by atoms with van der Waals surface area (Å²) >= 11 is 0. The summed E-state index contributed by atoms with van der Waals surface area (Å²) in [5, 5.41) is 7.79. The van der Waals surface area contributed by atoms with Gasteiger partial charge in [0.05, 0.1) is 6.20 Å². The van der Waals surface area contributed by atoms with Crippen LogP contribution >= 0.6 is 0 Å². The number of nitrogens with zero attached hydrogens (tertiary/aromatic N) is 2. The quantitative estimate of drug-likeness (QED) is 0.822. The summed E-state index contributed by atoms with van der Waals surface area (Å²) in [4.78, 5) is 0. The van der Waals surface area contributed by atoms with Crippen molar-refractivity contribution in [1.29, 1.82) is 0 Å². The Labute approximate surface area is 103 Å². The summed E-state index contributed by atoms with van der Waals surface area (Å²) in [5.74, 6) is 0.696. The number of rotatable bonds is 6. The Morgan fingerprint density at radius 1 is 1.65 bits per heavy atom. The molecule has 1 saturated heterocycles. The molecule has 1 aromatic rings. The van der Waals surface area contributed by atoms with Crippen molar-refractivity contribution in [1.82, 2.24) is 15.1 Å². The molecule has 0 aliphatic carbocycles. The van der Waals surface area contributed by atoms with E-state index in [4.69, 9.17) is 4.74 Å². The van der Waals surface area contributed by atoms with E-state index in [1.807, 2.05) is 17.9 Å². The minimum atomic E-state index is 0.410. The average molecular weight is 237 g/mol. The van der Waals surface area contributed by atoms with Crippen LogP contribution in [0.3, 0.4) is 0 Å². The van der Waals surface area contributed by atoms with Crippen molar-refractivity contribution in [3.8, 4) is 0 Å². The average Bonchev–Trinajstić information content (AvgIpc) is 2.97. The van der Waals surface area contributed by atoms with Crippen molar-refractivity contribution in [3.05, 3.63) is 18.0 Å². The first-order valence-electron chi connectivity index (χ1n) is 6.60. The number of hydrogen-bond acceptors (Lipinski definition) is 3. The lowest BCUT2D eigenvalue weighted by Crippen LogP contribution is -2.19. The topological polar surface area (TPSA) is 39.1 Å². The van der Waals surface area contributed by atoms with Crippen LogP contribution in [0.4, 0.5) is 0 Å². The number of ether oxygens (including phenoxy) is 1. The van der Waals surface area contributed by atoms with Gasteiger partial charge in [-0.25, -0.2) is 0 Å². The summed E-state index contributed by atoms with van der Waals surface area (Å²) in [6, 6.07) is 0.410. The molecule has 2 unspecified atom stereocenters. The second-order valence-corrected chi connectivity index (χ2v) is 4.84. The first-order chi connectivity index (χ1) is 8.33. The molecule has 0 aromatic carbocycles. The predicted molar refractivity (Wildman–Crippen MR) is 67.9 cm³/mol. The van der Waals surface area contributed by atoms with Crippen molar-refractivity contribution in [2.75, 3.05) is 20.3 Å². The zero-order valence-electron chi connectivity index (χ0n) is 10.9. The van der Waals surface area contributed by atoms with Crippen LogP contribution in [0.25, 0.3) is 0 Å². The lowest BCUT2D eigenvalue weighted by Gasteiger charge is -2.17. The van der Waals surface area contributed by atoms with Crippen LogP contribution in [0.1, 0.15) is 37.8 Å². The molecular weight excluding hydrogens is 214 g/mol. The highest BCUT2D eigenvalue weighted by molar-refractivity contribution is 5.10. The molecule has 96 valence electrons. The molecule has 0 amide bonds. The first kappa shape index (κ1) is 12.6. The Hall–Kier alpha value is -0.870. The third-order valence-electron chi connectivity index (χ3n) is 3.45. The van der Waals surface area contributed by atoms with Crippen LogP contribution in [0.15, 0.2) is 12.4 Å². The highest BCUT2D eigenvalue weighted by Gasteiger charge is 2.21. The third kappa shape index (κ3) is 3.30. The number of aryl methyl sites for hydroxylation is 1. The number of aromatic nitrogens is 2. The molecule has 2 heterocycles. The Kier molecular flexibility index (Phi) is 4.57. The van der Waals surface area contributed by atoms with Gasteiger partial charge in [0.25, 0.3) is 0 Å². The van der Waals surface area contributed by atoms with Gasteiger partial charge >= 0.3 is 0 Å². The van der Waals surface area contributed by atoms with E-state index in [0.29, 0.717) is 12.0 Å². The van der Waals surface area contributed by atoms with Crippen molar-refractivity contribution in [2.24, 2.45) is 5.92 Å². The van der Waals surface area contributed by atoms with Gasteiger partial charge in [-0.15, -0.1) is 0 Å². The van der Waals surface area contributed by atoms with Gasteiger partial charge in [-0.1, -0.05) is 6.92 Å². The first-order valence-corrected chi connectivity index (χ1v) is 6.60. The van der Waals surface area contributed by atoms with Crippen LogP contribution in [0, 0.1) is 5.92 Å². The molecule has 0 radical (unpaired) electrons. The molecule has 2 rings (SSSR count). The van der Waals surface area contributed by atoms with Gasteiger partial charge < -0.3 is 10.1 Å². The Bertz CT molecular complexity index is 331. The molecule has 1 aromatic heterocycles. The van der Waals surface area contributed by atoms with Gasteiger partial charge in [0.1, 0.15) is 0 Å². The highest BCUT2D eigenvalue weighted by Crippen LogP contribution is 2.25. The molecule has 0 bridgehead atoms. The lowest BCUT2D eigenvalue weighted by atomic mass is 9.96. The molecule has 2 atom stereocenters. The summed E-state index contributed by atoms with van der Waals surface area (Å²) in [6.07, 6.45) is 7.63. The largest absolute Gasteiger partial charge is 0.381 e. The third-order valence-corrected chi connectivity index (χ3v) is 3.45. The summed E-state index contributed by atoms with van der Waals surface area (Å²) < 4.78 is 7.47. The van der Waals surface area contributed by atoms with Crippen LogP contribution in [-0.4, -0.2) is 30.0 Å². The zero-order valence-corrected chi connectivity index (χ0v) is 10.9. The van der Waals surface area contributed by atoms with Crippen molar-refractivity contribution in [3.63, 3.8) is 0 Å². The molecule has 4 nitrogen and oxygen atoms in total. The molecule has 0 spiro atoms. The van der Waals surface area contributed by atoms with E-state index in [1.165, 1.54) is 12.0 Å². The van der Waals surface area contributed by atoms with Crippen molar-refractivity contribution in [2.45, 2.75) is 38.8 Å². The SMILES string of the molecule is CCCn1cc(C(CC2CCOC2)NC)cn1. The van der Waals surface area contributed by atoms with Crippen molar-refractivity contribution < 1.29 is 4.74 Å². The Morgan fingerprint density at radius 3 is 3.18 bits per heavy atom. The van der Waals surface area contributed by atoms with Gasteiger partial charge in [-0.05, 0) is 32.2 Å². The van der Waals surface area contributed by atoms with E-state index >= 15 is 0 Å². The predicted octanol–water partition coefficient (Wildman–Crippen LogP) is 1.98. The zero-order chi connectivity index (χ0) is 12.1. The molecule has 1 aliphatic rings. The highest BCUT2D eigenvalue weighted by atomic mass is 16.5. The molecule has 0 saturated carbocycles. The van der Waals surface area contributed by atoms with Crippen LogP contribution in [-0.2, 0) is 11.3 Å². The molecule has 4 heteroatoms. The molecule has 1 N–H and O–H groups in total. The van der Waals surface area contributed by atoms with E-state index in [-0.39, 0.29) is 0 Å². The van der Waals surface area contributed by atoms with Gasteiger partial charge in [-0.2, -0.15) is 5.10 Å². The van der Waals surface area contributed by atoms with E-state index in [2.05, 4.69) is 23.5 Å². The fourth-order valence-corrected chi connectivity index (χ4v) is 2.43. The van der Waals surface area contributed by atoms with E-state index in [0.717, 1.165) is 32.6 Å². The minimum Gasteiger partial charge on any atom is -0.381 e. The fraction of sp³-hybridized carbons (Fsp3) is 0.769. The Morgan fingerprint density at radius 2 is 2.53 bits per heavy atom. The van der Waals surface area contributed by atoms with Gasteiger partial charge in [-0.3, -0.25) is 4.68 Å². The maximum Gasteiger partial charge on any atom is 0.0537 e. The smallest absolute Gasteiger partial charge is 0.0537 e. The van der Waals surface area contributed by atoms with Gasteiger partial charge in [0.15, 0.2) is 0 Å². The normalized spacial score (nSPS) is 21.9. The maximum atomic E-state index is 5.43. The monoisotopic (exact) mass is 237 g/mol. The number of nitrogens with one attached hydrogen (secondary N) is 1. The van der Waals surface area contributed by atoms with E-state index in [9.17, 15) is 0 Å². The van der Waals surface area contributed by atoms with E-state index in [1.54, 1.807) is 0 Å². The fourth-order valence-electron chi connectivity index (χ4n) is 2.43. The second-order valence-electron chi connectivity index (χ2n) is 4.84. The number of hydrogen-bond donors (Lipinski definition) is 1. The van der Waals surface area contributed by atoms with E-state index < -0.39 is 0 Å². The van der Waals surface area contributed by atoms with Crippen LogP contribution in [0.2, 0.25) is 0 Å². The van der Waals surface area contributed by atoms with Gasteiger partial charge in [0.2, 0.25) is 0 Å². The van der Waals surface area contributed by atoms with Crippen LogP contribution in [0.5, 0.6) is 0 Å². The summed E-state index contributed by atoms with van der Waals surface area (Å²) in [5.41, 5.74) is 1.30. The lowest BCUT2D eigenvalue weighted by molar-refractivity contribution is 0.181. The molecule has 1 aliphatic heterocycles. The standard InChI is InChI=1S/C13H23N3O/c1-3-5-16-9-12(8-15-16)13(14-2)7-11-4-6-17-10-11/h8-9,11,13-14H,3-7,10H2,1-2H3. The van der Waals surface area contributed by atoms with Crippen molar-refractivity contribution >= 4 is 0 Å². The van der Waals surface area contributed by atoms with Crippen LogP contribution < -0.4 is 5.32 Å². The van der Waals surface area contributed by atoms with Gasteiger partial charge in [0, 0.05) is 37.6 Å². The maximum absolute atomic E-state index is 5.43.